The topological polar surface area (TPSA) is 71.8 Å². The summed E-state index contributed by atoms with van der Waals surface area (Å²) in [5.41, 5.74) is 5.64. The van der Waals surface area contributed by atoms with Crippen LogP contribution in [-0.4, -0.2) is 30.0 Å². The van der Waals surface area contributed by atoms with E-state index in [1.807, 2.05) is 54.7 Å². The molecule has 0 radical (unpaired) electrons. The quantitative estimate of drug-likeness (QED) is 0.524. The number of benzene rings is 2. The SMILES string of the molecule is Clc1cccc(-c2nc3cc(-c4nnn[nH]4)ccc3n3cccc23)c1. The Morgan fingerprint density at radius 1 is 0.920 bits per heavy atom. The average molecular weight is 347 g/mol. The van der Waals surface area contributed by atoms with Crippen molar-refractivity contribution in [3.8, 4) is 22.6 Å². The fraction of sp³-hybridized carbons (Fsp3) is 0. The van der Waals surface area contributed by atoms with Gasteiger partial charge in [0.25, 0.3) is 0 Å². The number of nitrogens with zero attached hydrogens (tertiary/aromatic N) is 5. The van der Waals surface area contributed by atoms with Crippen LogP contribution in [0.15, 0.2) is 60.8 Å². The molecule has 0 saturated carbocycles. The van der Waals surface area contributed by atoms with Gasteiger partial charge in [0.2, 0.25) is 0 Å². The number of halogens is 1. The number of hydrogen-bond acceptors (Lipinski definition) is 4. The molecule has 0 aliphatic rings. The standard InChI is InChI=1S/C18H11ClN6/c19-13-4-1-3-11(9-13)17-16-5-2-8-25(16)15-7-6-12(10-14(15)20-17)18-21-23-24-22-18/h1-10H,(H,21,22,23,24). The molecule has 0 saturated heterocycles. The highest BCUT2D eigenvalue weighted by molar-refractivity contribution is 6.30. The van der Waals surface area contributed by atoms with Crippen molar-refractivity contribution in [3.05, 3.63) is 65.8 Å². The number of H-pyrrole nitrogens is 1. The summed E-state index contributed by atoms with van der Waals surface area (Å²) in [5, 5.41) is 14.7. The molecule has 0 bridgehead atoms. The molecule has 0 atom stereocenters. The molecular weight excluding hydrogens is 336 g/mol. The van der Waals surface area contributed by atoms with E-state index in [9.17, 15) is 0 Å². The lowest BCUT2D eigenvalue weighted by atomic mass is 10.1. The third-order valence-electron chi connectivity index (χ3n) is 4.18. The van der Waals surface area contributed by atoms with Gasteiger partial charge in [-0.25, -0.2) is 10.1 Å². The zero-order chi connectivity index (χ0) is 16.8. The van der Waals surface area contributed by atoms with Gasteiger partial charge >= 0.3 is 0 Å². The van der Waals surface area contributed by atoms with Crippen LogP contribution in [0.1, 0.15) is 0 Å². The van der Waals surface area contributed by atoms with Crippen LogP contribution >= 0.6 is 11.6 Å². The minimum atomic E-state index is 0.612. The van der Waals surface area contributed by atoms with Crippen LogP contribution in [0.25, 0.3) is 39.2 Å². The third-order valence-corrected chi connectivity index (χ3v) is 4.41. The molecule has 0 aliphatic heterocycles. The molecule has 1 N–H and O–H groups in total. The van der Waals surface area contributed by atoms with Crippen molar-refractivity contribution < 1.29 is 0 Å². The Labute approximate surface area is 147 Å². The van der Waals surface area contributed by atoms with Gasteiger partial charge in [-0.3, -0.25) is 0 Å². The van der Waals surface area contributed by atoms with E-state index in [0.29, 0.717) is 10.8 Å². The minimum Gasteiger partial charge on any atom is -0.313 e. The number of tetrazole rings is 1. The maximum atomic E-state index is 6.17. The van der Waals surface area contributed by atoms with Gasteiger partial charge in [-0.2, -0.15) is 0 Å². The zero-order valence-electron chi connectivity index (χ0n) is 12.9. The van der Waals surface area contributed by atoms with Crippen molar-refractivity contribution in [2.24, 2.45) is 0 Å². The summed E-state index contributed by atoms with van der Waals surface area (Å²) in [6.07, 6.45) is 2.03. The summed E-state index contributed by atoms with van der Waals surface area (Å²) < 4.78 is 2.13. The molecule has 0 unspecified atom stereocenters. The maximum absolute atomic E-state index is 6.17. The van der Waals surface area contributed by atoms with E-state index in [4.69, 9.17) is 16.6 Å². The highest BCUT2D eigenvalue weighted by atomic mass is 35.5. The van der Waals surface area contributed by atoms with Gasteiger partial charge in [0.05, 0.1) is 22.2 Å². The van der Waals surface area contributed by atoms with Crippen LogP contribution in [0.4, 0.5) is 0 Å². The van der Waals surface area contributed by atoms with Crippen molar-refractivity contribution in [2.45, 2.75) is 0 Å². The maximum Gasteiger partial charge on any atom is 0.179 e. The summed E-state index contributed by atoms with van der Waals surface area (Å²) in [5.74, 6) is 0.612. The summed E-state index contributed by atoms with van der Waals surface area (Å²) in [6, 6.07) is 17.8. The minimum absolute atomic E-state index is 0.612. The summed E-state index contributed by atoms with van der Waals surface area (Å²) in [7, 11) is 0. The molecule has 0 aliphatic carbocycles. The first-order valence-corrected chi connectivity index (χ1v) is 8.08. The Kier molecular flexibility index (Phi) is 3.05. The fourth-order valence-electron chi connectivity index (χ4n) is 3.06. The second-order valence-corrected chi connectivity index (χ2v) is 6.12. The predicted octanol–water partition coefficient (Wildman–Crippen LogP) is 3.99. The van der Waals surface area contributed by atoms with Crippen molar-refractivity contribution >= 4 is 28.2 Å². The van der Waals surface area contributed by atoms with E-state index >= 15 is 0 Å². The first kappa shape index (κ1) is 14.1. The highest BCUT2D eigenvalue weighted by Crippen LogP contribution is 2.30. The van der Waals surface area contributed by atoms with Gasteiger partial charge in [-0.1, -0.05) is 23.7 Å². The molecule has 6 nitrogen and oxygen atoms in total. The van der Waals surface area contributed by atoms with Crippen LogP contribution in [-0.2, 0) is 0 Å². The Bertz CT molecular complexity index is 1210. The Morgan fingerprint density at radius 2 is 1.88 bits per heavy atom. The van der Waals surface area contributed by atoms with Crippen LogP contribution in [0.2, 0.25) is 5.02 Å². The van der Waals surface area contributed by atoms with Crippen molar-refractivity contribution in [2.75, 3.05) is 0 Å². The molecular formula is C18H11ClN6. The second-order valence-electron chi connectivity index (χ2n) is 5.69. The molecule has 0 amide bonds. The lowest BCUT2D eigenvalue weighted by Crippen LogP contribution is -1.95. The number of hydrogen-bond donors (Lipinski definition) is 1. The number of fused-ring (bicyclic) bond motifs is 3. The average Bonchev–Trinajstić information content (AvgIpc) is 3.32. The van der Waals surface area contributed by atoms with E-state index in [1.165, 1.54) is 0 Å². The molecule has 7 heteroatoms. The van der Waals surface area contributed by atoms with Gasteiger partial charge < -0.3 is 4.40 Å². The number of aromatic amines is 1. The Balaban J connectivity index is 1.83. The lowest BCUT2D eigenvalue weighted by Gasteiger charge is -2.10. The lowest BCUT2D eigenvalue weighted by molar-refractivity contribution is 0.881. The number of aromatic nitrogens is 6. The monoisotopic (exact) mass is 346 g/mol. The first-order chi connectivity index (χ1) is 12.3. The van der Waals surface area contributed by atoms with Crippen LogP contribution in [0, 0.1) is 0 Å². The third kappa shape index (κ3) is 2.27. The normalized spacial score (nSPS) is 11.4. The summed E-state index contributed by atoms with van der Waals surface area (Å²) in [4.78, 5) is 4.90. The highest BCUT2D eigenvalue weighted by Gasteiger charge is 2.12. The largest absolute Gasteiger partial charge is 0.313 e. The molecule has 3 heterocycles. The van der Waals surface area contributed by atoms with Gasteiger partial charge in [0.1, 0.15) is 0 Å². The molecule has 5 aromatic rings. The molecule has 120 valence electrons. The summed E-state index contributed by atoms with van der Waals surface area (Å²) >= 11 is 6.17. The molecule has 0 fully saturated rings. The van der Waals surface area contributed by atoms with Gasteiger partial charge in [0, 0.05) is 22.3 Å². The Hall–Kier alpha value is -3.25. The molecule has 5 rings (SSSR count). The van der Waals surface area contributed by atoms with E-state index in [-0.39, 0.29) is 0 Å². The van der Waals surface area contributed by atoms with Gasteiger partial charge in [-0.15, -0.1) is 5.10 Å². The smallest absolute Gasteiger partial charge is 0.179 e. The Morgan fingerprint density at radius 3 is 2.72 bits per heavy atom. The van der Waals surface area contributed by atoms with Crippen LogP contribution < -0.4 is 0 Å². The fourth-order valence-corrected chi connectivity index (χ4v) is 3.25. The van der Waals surface area contributed by atoms with E-state index < -0.39 is 0 Å². The van der Waals surface area contributed by atoms with Crippen LogP contribution in [0.3, 0.4) is 0 Å². The first-order valence-electron chi connectivity index (χ1n) is 7.70. The van der Waals surface area contributed by atoms with E-state index in [1.54, 1.807) is 0 Å². The van der Waals surface area contributed by atoms with Gasteiger partial charge in [0.15, 0.2) is 5.82 Å². The van der Waals surface area contributed by atoms with E-state index in [0.717, 1.165) is 33.4 Å². The molecule has 3 aromatic heterocycles. The van der Waals surface area contributed by atoms with Crippen LogP contribution in [0.5, 0.6) is 0 Å². The van der Waals surface area contributed by atoms with Crippen molar-refractivity contribution in [1.82, 2.24) is 30.0 Å². The van der Waals surface area contributed by atoms with E-state index in [2.05, 4.69) is 31.1 Å². The molecule has 2 aromatic carbocycles. The number of nitrogens with one attached hydrogen (secondary N) is 1. The number of rotatable bonds is 2. The molecule has 25 heavy (non-hydrogen) atoms. The zero-order valence-corrected chi connectivity index (χ0v) is 13.6. The van der Waals surface area contributed by atoms with Crippen molar-refractivity contribution in [3.63, 3.8) is 0 Å². The summed E-state index contributed by atoms with van der Waals surface area (Å²) in [6.45, 7) is 0. The molecule has 0 spiro atoms. The second kappa shape index (κ2) is 5.39. The predicted molar refractivity (Wildman–Crippen MR) is 96.3 cm³/mol. The van der Waals surface area contributed by atoms with Crippen molar-refractivity contribution in [1.29, 1.82) is 0 Å². The van der Waals surface area contributed by atoms with Gasteiger partial charge in [-0.05, 0) is 52.9 Å².